The van der Waals surface area contributed by atoms with Gasteiger partial charge in [-0.25, -0.2) is 0 Å². The fourth-order valence-corrected chi connectivity index (χ4v) is 3.01. The van der Waals surface area contributed by atoms with Gasteiger partial charge >= 0.3 is 11.9 Å². The van der Waals surface area contributed by atoms with Crippen LogP contribution in [0, 0.1) is 0 Å². The quantitative estimate of drug-likeness (QED) is 0.144. The molecular formula is C20H27Cl3O4. The molecule has 0 saturated heterocycles. The monoisotopic (exact) mass is 436 g/mol. The molecule has 0 N–H and O–H groups in total. The molecule has 0 aliphatic carbocycles. The molecular weight excluding hydrogens is 411 g/mol. The molecule has 0 atom stereocenters. The second-order valence-electron chi connectivity index (χ2n) is 6.37. The average molecular weight is 438 g/mol. The Labute approximate surface area is 176 Å². The summed E-state index contributed by atoms with van der Waals surface area (Å²) >= 11 is 17.7. The lowest BCUT2D eigenvalue weighted by atomic mass is 10.1. The van der Waals surface area contributed by atoms with Crippen LogP contribution in [0.4, 0.5) is 0 Å². The minimum Gasteiger partial charge on any atom is -0.466 e. The van der Waals surface area contributed by atoms with Gasteiger partial charge in [0.15, 0.2) is 5.75 Å². The number of carbonyl (C=O) groups is 2. The van der Waals surface area contributed by atoms with E-state index in [9.17, 15) is 9.59 Å². The Balaban J connectivity index is 2.11. The number of carbonyl (C=O) groups excluding carboxylic acids is 2. The Morgan fingerprint density at radius 2 is 1.37 bits per heavy atom. The first-order chi connectivity index (χ1) is 12.9. The van der Waals surface area contributed by atoms with Gasteiger partial charge in [-0.2, -0.15) is 0 Å². The third kappa shape index (κ3) is 10.8. The minimum absolute atomic E-state index is 0.175. The maximum Gasteiger partial charge on any atom is 0.311 e. The maximum atomic E-state index is 11.9. The summed E-state index contributed by atoms with van der Waals surface area (Å²) in [4.78, 5) is 23.5. The number of ether oxygens (including phenoxy) is 2. The summed E-state index contributed by atoms with van der Waals surface area (Å²) in [6, 6.07) is 2.83. The molecule has 4 nitrogen and oxygen atoms in total. The zero-order valence-corrected chi connectivity index (χ0v) is 18.0. The molecule has 0 aliphatic heterocycles. The van der Waals surface area contributed by atoms with Crippen molar-refractivity contribution < 1.29 is 19.1 Å². The largest absolute Gasteiger partial charge is 0.466 e. The van der Waals surface area contributed by atoms with Gasteiger partial charge in [-0.3, -0.25) is 9.59 Å². The van der Waals surface area contributed by atoms with E-state index in [0.717, 1.165) is 12.8 Å². The normalized spacial score (nSPS) is 10.7. The average Bonchev–Trinajstić information content (AvgIpc) is 2.62. The molecule has 0 bridgehead atoms. The number of hydrogen-bond acceptors (Lipinski definition) is 4. The van der Waals surface area contributed by atoms with Crippen molar-refractivity contribution >= 4 is 46.7 Å². The molecule has 27 heavy (non-hydrogen) atoms. The van der Waals surface area contributed by atoms with Gasteiger partial charge in [0.2, 0.25) is 0 Å². The third-order valence-corrected chi connectivity index (χ3v) is 4.99. The van der Waals surface area contributed by atoms with Gasteiger partial charge in [-0.15, -0.1) is 0 Å². The highest BCUT2D eigenvalue weighted by Crippen LogP contribution is 2.34. The molecule has 0 aromatic heterocycles. The van der Waals surface area contributed by atoms with Crippen LogP contribution in [0.2, 0.25) is 15.1 Å². The second-order valence-corrected chi connectivity index (χ2v) is 7.59. The van der Waals surface area contributed by atoms with Gasteiger partial charge in [0.05, 0.1) is 21.7 Å². The van der Waals surface area contributed by atoms with Crippen LogP contribution in [0.15, 0.2) is 12.1 Å². The Hall–Kier alpha value is -0.970. The van der Waals surface area contributed by atoms with Gasteiger partial charge in [-0.1, -0.05) is 73.8 Å². The van der Waals surface area contributed by atoms with Crippen LogP contribution < -0.4 is 4.74 Å². The summed E-state index contributed by atoms with van der Waals surface area (Å²) < 4.78 is 10.4. The van der Waals surface area contributed by atoms with Crippen LogP contribution in [0.1, 0.15) is 71.1 Å². The first kappa shape index (κ1) is 24.1. The number of hydrogen-bond donors (Lipinski definition) is 0. The van der Waals surface area contributed by atoms with Crippen molar-refractivity contribution in [3.05, 3.63) is 27.2 Å². The Bertz CT molecular complexity index is 605. The van der Waals surface area contributed by atoms with Gasteiger partial charge in [0.1, 0.15) is 0 Å². The van der Waals surface area contributed by atoms with E-state index < -0.39 is 5.97 Å². The number of unbranched alkanes of at least 4 members (excludes halogenated alkanes) is 6. The zero-order chi connectivity index (χ0) is 20.1. The molecule has 0 radical (unpaired) electrons. The summed E-state index contributed by atoms with van der Waals surface area (Å²) in [5.74, 6) is -0.477. The lowest BCUT2D eigenvalue weighted by Gasteiger charge is -2.08. The third-order valence-electron chi connectivity index (χ3n) is 3.97. The highest BCUT2D eigenvalue weighted by molar-refractivity contribution is 6.43. The van der Waals surface area contributed by atoms with Gasteiger partial charge in [0, 0.05) is 18.9 Å². The zero-order valence-electron chi connectivity index (χ0n) is 15.7. The van der Waals surface area contributed by atoms with Crippen LogP contribution in [-0.4, -0.2) is 18.5 Å². The van der Waals surface area contributed by atoms with Crippen molar-refractivity contribution in [3.63, 3.8) is 0 Å². The van der Waals surface area contributed by atoms with Crippen LogP contribution in [-0.2, 0) is 14.3 Å². The minimum atomic E-state index is -0.435. The Morgan fingerprint density at radius 3 is 2.07 bits per heavy atom. The highest BCUT2D eigenvalue weighted by atomic mass is 35.5. The lowest BCUT2D eigenvalue weighted by Crippen LogP contribution is -2.09. The van der Waals surface area contributed by atoms with E-state index in [1.807, 2.05) is 0 Å². The molecule has 0 fully saturated rings. The summed E-state index contributed by atoms with van der Waals surface area (Å²) in [6.07, 6.45) is 8.51. The number of esters is 2. The van der Waals surface area contributed by atoms with Crippen LogP contribution in [0.3, 0.4) is 0 Å². The topological polar surface area (TPSA) is 52.6 Å². The van der Waals surface area contributed by atoms with Crippen molar-refractivity contribution in [1.29, 1.82) is 0 Å². The second kappa shape index (κ2) is 14.1. The predicted molar refractivity (Wildman–Crippen MR) is 110 cm³/mol. The maximum absolute atomic E-state index is 11.9. The molecule has 0 spiro atoms. The number of benzene rings is 1. The highest BCUT2D eigenvalue weighted by Gasteiger charge is 2.12. The summed E-state index contributed by atoms with van der Waals surface area (Å²) in [5, 5.41) is 0.772. The first-order valence-electron chi connectivity index (χ1n) is 9.45. The van der Waals surface area contributed by atoms with E-state index in [-0.39, 0.29) is 28.2 Å². The molecule has 0 saturated carbocycles. The van der Waals surface area contributed by atoms with E-state index in [2.05, 4.69) is 6.92 Å². The number of rotatable bonds is 13. The Morgan fingerprint density at radius 1 is 0.778 bits per heavy atom. The van der Waals surface area contributed by atoms with Crippen LogP contribution >= 0.6 is 34.8 Å². The van der Waals surface area contributed by atoms with Crippen LogP contribution in [0.5, 0.6) is 5.75 Å². The van der Waals surface area contributed by atoms with E-state index in [1.165, 1.54) is 37.8 Å². The van der Waals surface area contributed by atoms with Gasteiger partial charge in [0.25, 0.3) is 0 Å². The molecule has 0 aliphatic rings. The lowest BCUT2D eigenvalue weighted by molar-refractivity contribution is -0.144. The first-order valence-corrected chi connectivity index (χ1v) is 10.6. The van der Waals surface area contributed by atoms with Gasteiger partial charge < -0.3 is 9.47 Å². The summed E-state index contributed by atoms with van der Waals surface area (Å²) in [5.41, 5.74) is 0. The molecule has 1 aromatic carbocycles. The smallest absolute Gasteiger partial charge is 0.311 e. The summed E-state index contributed by atoms with van der Waals surface area (Å²) in [7, 11) is 0. The molecule has 0 heterocycles. The molecule has 7 heteroatoms. The van der Waals surface area contributed by atoms with E-state index in [1.54, 1.807) is 0 Å². The standard InChI is InChI=1S/C20H27Cl3O4/c1-2-3-4-5-6-9-12-26-19(24)10-7-8-11-20(25)27-18-14-16(22)15(21)13-17(18)23/h13-14H,2-12H2,1H3. The van der Waals surface area contributed by atoms with E-state index in [4.69, 9.17) is 44.3 Å². The molecule has 1 aromatic rings. The molecule has 0 unspecified atom stereocenters. The van der Waals surface area contributed by atoms with Crippen molar-refractivity contribution in [2.45, 2.75) is 71.1 Å². The molecule has 152 valence electrons. The number of halogens is 3. The fraction of sp³-hybridized carbons (Fsp3) is 0.600. The van der Waals surface area contributed by atoms with Crippen molar-refractivity contribution in [2.24, 2.45) is 0 Å². The van der Waals surface area contributed by atoms with Gasteiger partial charge in [-0.05, 0) is 25.3 Å². The van der Waals surface area contributed by atoms with E-state index >= 15 is 0 Å². The van der Waals surface area contributed by atoms with Crippen molar-refractivity contribution in [2.75, 3.05) is 6.61 Å². The molecule has 1 rings (SSSR count). The Kier molecular flexibility index (Phi) is 12.6. The van der Waals surface area contributed by atoms with Crippen molar-refractivity contribution in [1.82, 2.24) is 0 Å². The predicted octanol–water partition coefficient (Wildman–Crippen LogP) is 7.02. The SMILES string of the molecule is CCCCCCCCOC(=O)CCCCC(=O)Oc1cc(Cl)c(Cl)cc1Cl. The molecule has 0 amide bonds. The van der Waals surface area contributed by atoms with Crippen LogP contribution in [0.25, 0.3) is 0 Å². The van der Waals surface area contributed by atoms with E-state index in [0.29, 0.717) is 30.9 Å². The fourth-order valence-electron chi connectivity index (χ4n) is 2.44. The van der Waals surface area contributed by atoms with Crippen molar-refractivity contribution in [3.8, 4) is 5.75 Å². The summed E-state index contributed by atoms with van der Waals surface area (Å²) in [6.45, 7) is 2.66.